The van der Waals surface area contributed by atoms with Crippen molar-refractivity contribution in [2.24, 2.45) is 0 Å². The molecule has 2 N–H and O–H groups in total. The maximum absolute atomic E-state index is 12.1. The first-order chi connectivity index (χ1) is 9.75. The summed E-state index contributed by atoms with van der Waals surface area (Å²) >= 11 is 0. The fraction of sp³-hybridized carbons (Fsp3) is 0.538. The number of hydrogen-bond acceptors (Lipinski definition) is 4. The Bertz CT molecular complexity index is 588. The minimum atomic E-state index is -0.149. The number of fused-ring (bicyclic) bond motifs is 1. The third kappa shape index (κ3) is 2.43. The molecule has 1 aliphatic carbocycles. The largest absolute Gasteiger partial charge is 0.334 e. The normalized spacial score (nSPS) is 14.7. The minimum absolute atomic E-state index is 0.149. The quantitative estimate of drug-likeness (QED) is 0.819. The number of carbonyl (C=O) groups excluding carboxylic acids is 1. The van der Waals surface area contributed by atoms with Gasteiger partial charge in [0, 0.05) is 12.7 Å². The monoisotopic (exact) mass is 274 g/mol. The predicted octanol–water partition coefficient (Wildman–Crippen LogP) is 1.07. The van der Waals surface area contributed by atoms with Gasteiger partial charge in [0.2, 0.25) is 0 Å². The Morgan fingerprint density at radius 1 is 1.30 bits per heavy atom. The molecule has 106 valence electrons. The Balaban J connectivity index is 1.75. The number of carbonyl (C=O) groups is 1. The second-order valence-corrected chi connectivity index (χ2v) is 5.20. The molecule has 0 atom stereocenters. The summed E-state index contributed by atoms with van der Waals surface area (Å²) in [6.07, 6.45) is 7.21. The van der Waals surface area contributed by atoms with E-state index in [-0.39, 0.29) is 5.91 Å². The van der Waals surface area contributed by atoms with E-state index in [0.717, 1.165) is 18.5 Å². The van der Waals surface area contributed by atoms with Gasteiger partial charge in [-0.05, 0) is 31.2 Å². The van der Waals surface area contributed by atoms with Crippen LogP contribution < -0.4 is 0 Å². The van der Waals surface area contributed by atoms with E-state index in [4.69, 9.17) is 0 Å². The van der Waals surface area contributed by atoms with E-state index in [1.54, 1.807) is 11.9 Å². The molecule has 3 rings (SSSR count). The average Bonchev–Trinajstić information content (AvgIpc) is 3.04. The molecular weight excluding hydrogens is 256 g/mol. The van der Waals surface area contributed by atoms with Crippen molar-refractivity contribution in [2.45, 2.75) is 38.6 Å². The van der Waals surface area contributed by atoms with Crippen LogP contribution in [0, 0.1) is 0 Å². The summed E-state index contributed by atoms with van der Waals surface area (Å²) in [5, 5.41) is 17.4. The Kier molecular flexibility index (Phi) is 3.49. The third-order valence-corrected chi connectivity index (χ3v) is 3.76. The molecule has 0 saturated carbocycles. The Morgan fingerprint density at radius 3 is 2.95 bits per heavy atom. The van der Waals surface area contributed by atoms with E-state index < -0.39 is 0 Å². The maximum Gasteiger partial charge on any atom is 0.276 e. The Hall–Kier alpha value is -2.18. The molecule has 20 heavy (non-hydrogen) atoms. The molecule has 0 unspecified atom stereocenters. The van der Waals surface area contributed by atoms with Crippen LogP contribution in [0.1, 0.15) is 46.7 Å². The lowest BCUT2D eigenvalue weighted by molar-refractivity contribution is 0.0777. The Morgan fingerprint density at radius 2 is 2.15 bits per heavy atom. The zero-order chi connectivity index (χ0) is 13.9. The number of H-pyrrole nitrogens is 2. The zero-order valence-corrected chi connectivity index (χ0v) is 11.5. The highest BCUT2D eigenvalue weighted by Crippen LogP contribution is 2.22. The predicted molar refractivity (Wildman–Crippen MR) is 72.0 cm³/mol. The second kappa shape index (κ2) is 5.44. The number of aromatic amines is 2. The van der Waals surface area contributed by atoms with Crippen LogP contribution in [0.5, 0.6) is 0 Å². The van der Waals surface area contributed by atoms with Gasteiger partial charge in [0.05, 0.1) is 18.4 Å². The first-order valence-electron chi connectivity index (χ1n) is 6.92. The topological polar surface area (TPSA) is 90.6 Å². The number of rotatable bonds is 3. The van der Waals surface area contributed by atoms with E-state index >= 15 is 0 Å². The summed E-state index contributed by atoms with van der Waals surface area (Å²) in [6.45, 7) is 0.498. The van der Waals surface area contributed by atoms with Crippen LogP contribution in [0.3, 0.4) is 0 Å². The molecule has 7 heteroatoms. The number of aryl methyl sites for hydroxylation is 1. The van der Waals surface area contributed by atoms with Gasteiger partial charge in [-0.2, -0.15) is 20.5 Å². The highest BCUT2D eigenvalue weighted by Gasteiger charge is 2.20. The molecule has 1 aliphatic rings. The lowest BCUT2D eigenvalue weighted by Crippen LogP contribution is -2.27. The minimum Gasteiger partial charge on any atom is -0.334 e. The van der Waals surface area contributed by atoms with Crippen LogP contribution in [-0.2, 0) is 19.4 Å². The number of amides is 1. The van der Waals surface area contributed by atoms with Gasteiger partial charge in [-0.1, -0.05) is 6.42 Å². The molecule has 2 aromatic heterocycles. The van der Waals surface area contributed by atoms with Gasteiger partial charge in [-0.15, -0.1) is 0 Å². The third-order valence-electron chi connectivity index (χ3n) is 3.76. The van der Waals surface area contributed by atoms with Crippen LogP contribution in [0.2, 0.25) is 0 Å². The van der Waals surface area contributed by atoms with Crippen LogP contribution in [0.25, 0.3) is 0 Å². The van der Waals surface area contributed by atoms with Crippen molar-refractivity contribution in [2.75, 3.05) is 7.05 Å². The van der Waals surface area contributed by atoms with Crippen molar-refractivity contribution in [3.8, 4) is 0 Å². The van der Waals surface area contributed by atoms with Crippen molar-refractivity contribution < 1.29 is 4.79 Å². The SMILES string of the molecule is CN(Cc1n[nH]c2c1CCCCC2)C(=O)c1cn[nH]n1. The number of nitrogens with zero attached hydrogens (tertiary/aromatic N) is 4. The van der Waals surface area contributed by atoms with Crippen LogP contribution in [-0.4, -0.2) is 43.5 Å². The molecule has 0 saturated heterocycles. The molecule has 1 amide bonds. The Labute approximate surface area is 116 Å². The number of hydrogen-bond donors (Lipinski definition) is 2. The molecule has 0 aromatic carbocycles. The van der Waals surface area contributed by atoms with Gasteiger partial charge < -0.3 is 4.90 Å². The maximum atomic E-state index is 12.1. The first kappa shape index (κ1) is 12.8. The van der Waals surface area contributed by atoms with E-state index in [1.165, 1.54) is 36.7 Å². The molecule has 0 fully saturated rings. The summed E-state index contributed by atoms with van der Waals surface area (Å²) < 4.78 is 0. The van der Waals surface area contributed by atoms with Crippen molar-refractivity contribution in [1.29, 1.82) is 0 Å². The molecule has 2 aromatic rings. The molecule has 0 spiro atoms. The van der Waals surface area contributed by atoms with Crippen molar-refractivity contribution in [1.82, 2.24) is 30.5 Å². The van der Waals surface area contributed by atoms with Crippen LogP contribution in [0.4, 0.5) is 0 Å². The molecular formula is C13H18N6O. The summed E-state index contributed by atoms with van der Waals surface area (Å²) in [4.78, 5) is 13.8. The average molecular weight is 274 g/mol. The molecule has 0 radical (unpaired) electrons. The zero-order valence-electron chi connectivity index (χ0n) is 11.5. The van der Waals surface area contributed by atoms with Crippen molar-refractivity contribution in [3.63, 3.8) is 0 Å². The van der Waals surface area contributed by atoms with E-state index in [1.807, 2.05) is 0 Å². The van der Waals surface area contributed by atoms with Crippen molar-refractivity contribution in [3.05, 3.63) is 28.8 Å². The lowest BCUT2D eigenvalue weighted by atomic mass is 10.1. The lowest BCUT2D eigenvalue weighted by Gasteiger charge is -2.15. The summed E-state index contributed by atoms with van der Waals surface area (Å²) in [6, 6.07) is 0. The number of nitrogens with one attached hydrogen (secondary N) is 2. The summed E-state index contributed by atoms with van der Waals surface area (Å²) in [7, 11) is 1.76. The number of aromatic nitrogens is 5. The molecule has 0 aliphatic heterocycles. The first-order valence-corrected chi connectivity index (χ1v) is 6.92. The van der Waals surface area contributed by atoms with E-state index in [2.05, 4.69) is 25.6 Å². The molecule has 7 nitrogen and oxygen atoms in total. The molecule has 2 heterocycles. The van der Waals surface area contributed by atoms with E-state index in [0.29, 0.717) is 12.2 Å². The van der Waals surface area contributed by atoms with Crippen LogP contribution >= 0.6 is 0 Å². The van der Waals surface area contributed by atoms with Gasteiger partial charge in [-0.3, -0.25) is 9.89 Å². The smallest absolute Gasteiger partial charge is 0.276 e. The van der Waals surface area contributed by atoms with Crippen LogP contribution in [0.15, 0.2) is 6.20 Å². The van der Waals surface area contributed by atoms with Gasteiger partial charge >= 0.3 is 0 Å². The highest BCUT2D eigenvalue weighted by molar-refractivity contribution is 5.91. The fourth-order valence-corrected chi connectivity index (χ4v) is 2.65. The standard InChI is InChI=1S/C13H18N6O/c1-19(13(20)11-7-14-18-17-11)8-12-9-5-3-2-4-6-10(9)15-16-12/h7H,2-6,8H2,1H3,(H,15,16)(H,14,17,18). The van der Waals surface area contributed by atoms with Gasteiger partial charge in [0.1, 0.15) is 0 Å². The van der Waals surface area contributed by atoms with E-state index in [9.17, 15) is 4.79 Å². The van der Waals surface area contributed by atoms with Gasteiger partial charge in [-0.25, -0.2) is 0 Å². The highest BCUT2D eigenvalue weighted by atomic mass is 16.2. The summed E-state index contributed by atoms with van der Waals surface area (Å²) in [5.74, 6) is -0.149. The van der Waals surface area contributed by atoms with Crippen molar-refractivity contribution >= 4 is 5.91 Å². The second-order valence-electron chi connectivity index (χ2n) is 5.20. The summed E-state index contributed by atoms with van der Waals surface area (Å²) in [5.41, 5.74) is 3.83. The fourth-order valence-electron chi connectivity index (χ4n) is 2.65. The van der Waals surface area contributed by atoms with Gasteiger partial charge in [0.15, 0.2) is 5.69 Å². The molecule has 0 bridgehead atoms. The van der Waals surface area contributed by atoms with Gasteiger partial charge in [0.25, 0.3) is 5.91 Å².